The summed E-state index contributed by atoms with van der Waals surface area (Å²) in [7, 11) is -7.71. The molecule has 0 radical (unpaired) electrons. The minimum atomic E-state index is -6.00. The zero-order valence-corrected chi connectivity index (χ0v) is 12.7. The Kier molecular flexibility index (Phi) is 5.89. The Balaban J connectivity index is 0.000000422. The van der Waals surface area contributed by atoms with Gasteiger partial charge in [0.2, 0.25) is 0 Å². The van der Waals surface area contributed by atoms with Gasteiger partial charge in [-0.05, 0) is 24.1 Å². The Morgan fingerprint density at radius 1 is 0.955 bits per heavy atom. The number of fused-ring (bicyclic) bond motifs is 1. The molecule has 2 aromatic rings. The first-order chi connectivity index (χ1) is 9.97. The van der Waals surface area contributed by atoms with E-state index in [0.29, 0.717) is 16.0 Å². The second kappa shape index (κ2) is 6.89. The fourth-order valence-corrected chi connectivity index (χ4v) is 3.93. The van der Waals surface area contributed by atoms with E-state index in [2.05, 4.69) is 0 Å². The normalized spacial score (nSPS) is 13.0. The summed E-state index contributed by atoms with van der Waals surface area (Å²) in [6.07, 6.45) is 1.31. The molecule has 1 atom stereocenters. The van der Waals surface area contributed by atoms with Gasteiger partial charge in [0, 0.05) is 17.9 Å². The number of aryl methyl sites for hydroxylation is 2. The quantitative estimate of drug-likeness (QED) is 0.331. The molecule has 1 unspecified atom stereocenters. The van der Waals surface area contributed by atoms with E-state index in [1.54, 1.807) is 25.1 Å². The summed E-state index contributed by atoms with van der Waals surface area (Å²) in [5.41, 5.74) is -3.07. The van der Waals surface area contributed by atoms with Crippen LogP contribution >= 0.6 is 10.5 Å². The Labute approximate surface area is 126 Å². The maximum absolute atomic E-state index is 13.0. The molecule has 0 spiro atoms. The van der Waals surface area contributed by atoms with Gasteiger partial charge >= 0.3 is 12.8 Å². The fraction of sp³-hybridized carbons (Fsp3) is 0.385. The highest BCUT2D eigenvalue weighted by Gasteiger charge is 2.47. The molecular formula is C13H14BF7S. The summed E-state index contributed by atoms with van der Waals surface area (Å²) < 4.78 is 78.5. The lowest BCUT2D eigenvalue weighted by atomic mass is 10.1. The molecule has 0 nitrogen and oxygen atoms in total. The van der Waals surface area contributed by atoms with Crippen molar-refractivity contribution in [1.29, 1.82) is 0 Å². The minimum absolute atomic E-state index is 0.437. The average Bonchev–Trinajstić information content (AvgIpc) is 2.73. The molecule has 0 aliphatic rings. The van der Waals surface area contributed by atoms with Gasteiger partial charge in [-0.3, -0.25) is 0 Å². The number of hydrogen-bond acceptors (Lipinski definition) is 0. The van der Waals surface area contributed by atoms with Crippen LogP contribution in [0.2, 0.25) is 0 Å². The third-order valence-electron chi connectivity index (χ3n) is 2.86. The molecule has 2 rings (SSSR count). The predicted octanol–water partition coefficient (Wildman–Crippen LogP) is 6.49. The number of thiophene rings is 1. The molecule has 0 N–H and O–H groups in total. The van der Waals surface area contributed by atoms with Crippen molar-refractivity contribution in [3.8, 4) is 0 Å². The van der Waals surface area contributed by atoms with Crippen molar-refractivity contribution in [2.24, 2.45) is 0 Å². The second-order valence-electron chi connectivity index (χ2n) is 4.44. The molecule has 0 aliphatic carbocycles. The van der Waals surface area contributed by atoms with Crippen LogP contribution in [-0.4, -0.2) is 7.25 Å². The Bertz CT molecular complexity index is 622. The molecule has 0 bridgehead atoms. The molecule has 1 aromatic carbocycles. The van der Waals surface area contributed by atoms with Crippen LogP contribution in [0.1, 0.15) is 24.3 Å². The molecule has 22 heavy (non-hydrogen) atoms. The highest BCUT2D eigenvalue weighted by molar-refractivity contribution is 7.38. The van der Waals surface area contributed by atoms with E-state index < -0.39 is 23.2 Å². The van der Waals surface area contributed by atoms with Crippen molar-refractivity contribution < 1.29 is 30.4 Å². The molecule has 1 aromatic heterocycles. The van der Waals surface area contributed by atoms with Crippen LogP contribution < -0.4 is 0 Å². The van der Waals surface area contributed by atoms with Crippen LogP contribution in [0.15, 0.2) is 24.3 Å². The van der Waals surface area contributed by atoms with Crippen LogP contribution in [0.4, 0.5) is 30.4 Å². The Hall–Kier alpha value is -1.25. The third-order valence-corrected chi connectivity index (χ3v) is 5.07. The topological polar surface area (TPSA) is 0 Å². The lowest BCUT2D eigenvalue weighted by molar-refractivity contribution is -0.0867. The molecule has 0 saturated heterocycles. The highest BCUT2D eigenvalue weighted by atomic mass is 32.2. The summed E-state index contributed by atoms with van der Waals surface area (Å²) in [4.78, 5) is 0.501. The van der Waals surface area contributed by atoms with Crippen molar-refractivity contribution >= 4 is 27.8 Å². The predicted molar refractivity (Wildman–Crippen MR) is 76.7 cm³/mol. The van der Waals surface area contributed by atoms with E-state index in [-0.39, 0.29) is 0 Å². The van der Waals surface area contributed by atoms with E-state index in [0.717, 1.165) is 17.4 Å². The van der Waals surface area contributed by atoms with Crippen molar-refractivity contribution in [3.63, 3.8) is 0 Å². The maximum atomic E-state index is 13.0. The standard InChI is InChI=1S/C13H14F3S.BF4/c1-3-9-5-6-12-10(7-9)8-11(4-2)17(12)13(14,15)16;2-1(3,4)5/h5-8H,3-4H2,1-2H3;/q+1;-1. The van der Waals surface area contributed by atoms with Gasteiger partial charge in [-0.1, -0.05) is 19.9 Å². The first kappa shape index (κ1) is 18.8. The monoisotopic (exact) mass is 346 g/mol. The lowest BCUT2D eigenvalue weighted by Gasteiger charge is -1.99. The van der Waals surface area contributed by atoms with E-state index in [1.165, 1.54) is 0 Å². The van der Waals surface area contributed by atoms with E-state index in [9.17, 15) is 30.4 Å². The average molecular weight is 346 g/mol. The van der Waals surface area contributed by atoms with Gasteiger partial charge in [0.15, 0.2) is 9.58 Å². The molecule has 0 amide bonds. The number of alkyl halides is 3. The number of benzene rings is 1. The van der Waals surface area contributed by atoms with Gasteiger partial charge in [0.1, 0.15) is 0 Å². The van der Waals surface area contributed by atoms with Gasteiger partial charge in [-0.2, -0.15) is 0 Å². The largest absolute Gasteiger partial charge is 0.673 e. The van der Waals surface area contributed by atoms with Crippen molar-refractivity contribution in [3.05, 3.63) is 34.7 Å². The van der Waals surface area contributed by atoms with Crippen molar-refractivity contribution in [1.82, 2.24) is 0 Å². The Morgan fingerprint density at radius 2 is 1.50 bits per heavy atom. The SMILES string of the molecule is CCc1ccc2c(c1)cc(CC)[s+]2C(F)(F)F.F[B-](F)(F)F. The number of hydrogen-bond donors (Lipinski definition) is 0. The highest BCUT2D eigenvalue weighted by Crippen LogP contribution is 2.51. The molecule has 9 heteroatoms. The zero-order chi connectivity index (χ0) is 17.1. The zero-order valence-electron chi connectivity index (χ0n) is 11.9. The second-order valence-corrected chi connectivity index (χ2v) is 6.48. The van der Waals surface area contributed by atoms with Gasteiger partial charge in [-0.15, -0.1) is 13.2 Å². The third kappa shape index (κ3) is 5.19. The van der Waals surface area contributed by atoms with Crippen LogP contribution in [-0.2, 0) is 18.3 Å². The first-order valence-corrected chi connectivity index (χ1v) is 7.71. The van der Waals surface area contributed by atoms with Gasteiger partial charge < -0.3 is 17.3 Å². The fourth-order valence-electron chi connectivity index (χ4n) is 2.01. The van der Waals surface area contributed by atoms with Crippen LogP contribution in [0.5, 0.6) is 0 Å². The van der Waals surface area contributed by atoms with Gasteiger partial charge in [0.25, 0.3) is 0 Å². The summed E-state index contributed by atoms with van der Waals surface area (Å²) in [6, 6.07) is 7.04. The summed E-state index contributed by atoms with van der Waals surface area (Å²) >= 11 is 0. The molecule has 124 valence electrons. The first-order valence-electron chi connectivity index (χ1n) is 6.49. The van der Waals surface area contributed by atoms with Gasteiger partial charge in [-0.25, -0.2) is 0 Å². The van der Waals surface area contributed by atoms with Gasteiger partial charge in [0.05, 0.1) is 10.5 Å². The summed E-state index contributed by atoms with van der Waals surface area (Å²) in [5.74, 6) is 0. The molecular weight excluding hydrogens is 332 g/mol. The molecule has 1 heterocycles. The number of rotatable bonds is 2. The molecule has 0 fully saturated rings. The van der Waals surface area contributed by atoms with Crippen molar-refractivity contribution in [2.45, 2.75) is 32.2 Å². The van der Waals surface area contributed by atoms with Crippen LogP contribution in [0.3, 0.4) is 0 Å². The van der Waals surface area contributed by atoms with Crippen LogP contribution in [0.25, 0.3) is 10.1 Å². The van der Waals surface area contributed by atoms with E-state index in [1.807, 2.05) is 13.0 Å². The molecule has 0 saturated carbocycles. The summed E-state index contributed by atoms with van der Waals surface area (Å²) in [6.45, 7) is 3.79. The van der Waals surface area contributed by atoms with Crippen LogP contribution in [0, 0.1) is 0 Å². The van der Waals surface area contributed by atoms with Crippen molar-refractivity contribution in [2.75, 3.05) is 0 Å². The Morgan fingerprint density at radius 3 is 1.91 bits per heavy atom. The van der Waals surface area contributed by atoms with E-state index >= 15 is 0 Å². The number of halogens is 7. The lowest BCUT2D eigenvalue weighted by Crippen LogP contribution is -2.02. The maximum Gasteiger partial charge on any atom is 0.673 e. The van der Waals surface area contributed by atoms with E-state index in [4.69, 9.17) is 0 Å². The smallest absolute Gasteiger partial charge is 0.418 e. The minimum Gasteiger partial charge on any atom is -0.418 e. The molecule has 0 aliphatic heterocycles. The summed E-state index contributed by atoms with van der Waals surface area (Å²) in [5, 5.41) is 0.752.